The summed E-state index contributed by atoms with van der Waals surface area (Å²) in [7, 11) is 0. The van der Waals surface area contributed by atoms with E-state index in [1.807, 2.05) is 130 Å². The van der Waals surface area contributed by atoms with Gasteiger partial charge in [-0.15, -0.1) is 0 Å². The molecule has 0 spiro atoms. The summed E-state index contributed by atoms with van der Waals surface area (Å²) in [6, 6.07) is 25.5. The number of pyridine rings is 4. The zero-order valence-electron chi connectivity index (χ0n) is 41.8. The summed E-state index contributed by atoms with van der Waals surface area (Å²) in [5, 5.41) is 6.88. The first-order valence-electron chi connectivity index (χ1n) is 23.2. The van der Waals surface area contributed by atoms with Crippen LogP contribution in [-0.2, 0) is 9.47 Å². The van der Waals surface area contributed by atoms with E-state index in [4.69, 9.17) is 19.4 Å². The number of nitrogens with zero attached hydrogens (tertiary/aromatic N) is 6. The summed E-state index contributed by atoms with van der Waals surface area (Å²) in [4.78, 5) is 70.4. The molecule has 0 amide bonds. The van der Waals surface area contributed by atoms with Gasteiger partial charge >= 0.3 is 11.9 Å². The molecule has 2 N–H and O–H groups in total. The summed E-state index contributed by atoms with van der Waals surface area (Å²) in [6.45, 7) is 22.5. The molecule has 0 saturated carbocycles. The number of anilines is 2. The molecule has 6 aromatic heterocycles. The molecule has 0 radical (unpaired) electrons. The van der Waals surface area contributed by atoms with Crippen molar-refractivity contribution in [3.63, 3.8) is 0 Å². The molecule has 6 heterocycles. The van der Waals surface area contributed by atoms with Gasteiger partial charge in [0.2, 0.25) is 0 Å². The third kappa shape index (κ3) is 11.3. The molecule has 360 valence electrons. The van der Waals surface area contributed by atoms with E-state index in [9.17, 15) is 19.2 Å². The highest BCUT2D eigenvalue weighted by atomic mass is 16.6. The topological polar surface area (TPSA) is 171 Å². The van der Waals surface area contributed by atoms with Gasteiger partial charge in [0.25, 0.3) is 11.1 Å². The van der Waals surface area contributed by atoms with Crippen LogP contribution in [0.4, 0.5) is 11.4 Å². The summed E-state index contributed by atoms with van der Waals surface area (Å²) in [5.74, 6) is -0.795. The Morgan fingerprint density at radius 1 is 0.557 bits per heavy atom. The fraction of sp³-hybridized carbons (Fsp3) is 0.286. The number of rotatable bonds is 10. The number of aryl methyl sites for hydroxylation is 2. The third-order valence-electron chi connectivity index (χ3n) is 11.3. The van der Waals surface area contributed by atoms with Gasteiger partial charge in [0.1, 0.15) is 22.5 Å². The normalized spacial score (nSPS) is 12.4. The zero-order valence-corrected chi connectivity index (χ0v) is 41.8. The van der Waals surface area contributed by atoms with Crippen LogP contribution in [-0.4, -0.2) is 51.9 Å². The highest BCUT2D eigenvalue weighted by Crippen LogP contribution is 2.31. The lowest BCUT2D eigenvalue weighted by Crippen LogP contribution is -2.25. The number of nitrogens with one attached hydrogen (secondary N) is 2. The molecule has 0 aliphatic rings. The minimum absolute atomic E-state index is 0.125. The molecule has 8 aromatic rings. The van der Waals surface area contributed by atoms with Crippen molar-refractivity contribution in [1.82, 2.24) is 28.7 Å². The summed E-state index contributed by atoms with van der Waals surface area (Å²) < 4.78 is 14.4. The van der Waals surface area contributed by atoms with Gasteiger partial charge < -0.3 is 20.1 Å². The Hall–Kier alpha value is -8.00. The number of esters is 2. The van der Waals surface area contributed by atoms with E-state index in [2.05, 4.69) is 20.6 Å². The smallest absolute Gasteiger partial charge is 0.340 e. The summed E-state index contributed by atoms with van der Waals surface area (Å²) >= 11 is 0. The maximum atomic E-state index is 13.3. The number of ether oxygens (including phenoxy) is 2. The molecule has 0 fully saturated rings. The van der Waals surface area contributed by atoms with Crippen molar-refractivity contribution in [3.05, 3.63) is 187 Å². The molecular weight excluding hydrogens is 881 g/mol. The SMILES string of the molecule is Cc1cc(C(C)Nc2ccccc2C(=O)OC(C)(C)C)c2nc(-c3cccnc3)c(C)c(=O)n2c1.Cc1cc([C@H](C)Nc2ccccc2C(=O)OC(C)(C)C)c2nc(-c3cccnc3)c(C)c(=O)n2c1. The Bertz CT molecular complexity index is 3130. The molecule has 0 saturated heterocycles. The third-order valence-corrected chi connectivity index (χ3v) is 11.3. The number of benzene rings is 2. The molecule has 0 bridgehead atoms. The Kier molecular flexibility index (Phi) is 14.5. The Labute approximate surface area is 407 Å². The Morgan fingerprint density at radius 2 is 0.929 bits per heavy atom. The van der Waals surface area contributed by atoms with Crippen LogP contribution >= 0.6 is 0 Å². The van der Waals surface area contributed by atoms with Gasteiger partial charge in [0, 0.05) is 81.9 Å². The van der Waals surface area contributed by atoms with Gasteiger partial charge in [-0.25, -0.2) is 19.6 Å². The van der Waals surface area contributed by atoms with Gasteiger partial charge in [0.05, 0.1) is 34.6 Å². The average molecular weight is 941 g/mol. The van der Waals surface area contributed by atoms with Crippen molar-refractivity contribution < 1.29 is 19.1 Å². The highest BCUT2D eigenvalue weighted by Gasteiger charge is 2.25. The van der Waals surface area contributed by atoms with Crippen molar-refractivity contribution in [3.8, 4) is 22.5 Å². The van der Waals surface area contributed by atoms with Crippen molar-refractivity contribution in [2.75, 3.05) is 10.6 Å². The van der Waals surface area contributed by atoms with E-state index in [1.165, 1.54) is 0 Å². The van der Waals surface area contributed by atoms with Crippen LogP contribution in [0.3, 0.4) is 0 Å². The van der Waals surface area contributed by atoms with Crippen LogP contribution in [0.5, 0.6) is 0 Å². The molecule has 2 atom stereocenters. The molecule has 14 heteroatoms. The molecule has 8 rings (SSSR count). The minimum atomic E-state index is -0.603. The van der Waals surface area contributed by atoms with E-state index in [0.717, 1.165) is 33.4 Å². The van der Waals surface area contributed by atoms with Gasteiger partial charge in [-0.1, -0.05) is 24.3 Å². The first-order chi connectivity index (χ1) is 33.1. The zero-order chi connectivity index (χ0) is 50.7. The second-order valence-electron chi connectivity index (χ2n) is 19.4. The fourth-order valence-corrected chi connectivity index (χ4v) is 8.06. The second-order valence-corrected chi connectivity index (χ2v) is 19.4. The van der Waals surface area contributed by atoms with E-state index in [0.29, 0.717) is 56.3 Å². The van der Waals surface area contributed by atoms with Gasteiger partial charge in [-0.3, -0.25) is 28.4 Å². The highest BCUT2D eigenvalue weighted by molar-refractivity contribution is 5.96. The fourth-order valence-electron chi connectivity index (χ4n) is 8.06. The van der Waals surface area contributed by atoms with Gasteiger partial charge in [0.15, 0.2) is 0 Å². The van der Waals surface area contributed by atoms with Gasteiger partial charge in [-0.05, 0) is 155 Å². The average Bonchev–Trinajstić information content (AvgIpc) is 3.31. The minimum Gasteiger partial charge on any atom is -0.456 e. The van der Waals surface area contributed by atoms with E-state index < -0.39 is 23.1 Å². The maximum absolute atomic E-state index is 13.3. The number of hydrogen-bond acceptors (Lipinski definition) is 12. The molecule has 0 aliphatic heterocycles. The second kappa shape index (κ2) is 20.3. The summed E-state index contributed by atoms with van der Waals surface area (Å²) in [5.41, 5.74) is 9.28. The van der Waals surface area contributed by atoms with Crippen molar-refractivity contribution in [2.24, 2.45) is 0 Å². The quantitative estimate of drug-likeness (QED) is 0.125. The lowest BCUT2D eigenvalue weighted by atomic mass is 10.0. The Balaban J connectivity index is 0.000000206. The number of carbonyl (C=O) groups is 2. The van der Waals surface area contributed by atoms with Crippen LogP contribution in [0.15, 0.2) is 132 Å². The monoisotopic (exact) mass is 940 g/mol. The molecule has 1 unspecified atom stereocenters. The van der Waals surface area contributed by atoms with Crippen molar-refractivity contribution in [2.45, 2.75) is 106 Å². The van der Waals surface area contributed by atoms with E-state index in [1.54, 1.807) is 84.1 Å². The van der Waals surface area contributed by atoms with Crippen molar-refractivity contribution >= 4 is 34.6 Å². The number of carbonyl (C=O) groups excluding carboxylic acids is 2. The number of hydrogen-bond donors (Lipinski definition) is 2. The molecular formula is C56H60N8O6. The van der Waals surface area contributed by atoms with E-state index >= 15 is 0 Å². The van der Waals surface area contributed by atoms with Crippen LogP contribution < -0.4 is 21.8 Å². The van der Waals surface area contributed by atoms with Crippen LogP contribution in [0.1, 0.15) is 122 Å². The van der Waals surface area contributed by atoms with Crippen LogP contribution in [0.2, 0.25) is 0 Å². The standard InChI is InChI=1S/2C28H30N4O3/c2*1-17-14-22(19(3)30-23-12-8-7-11-21(23)27(34)35-28(4,5)6)25-31-24(20-10-9-13-29-15-20)18(2)26(33)32(25)16-17/h2*7-16,19,30H,1-6H3/t19-;/m0./s1. The largest absolute Gasteiger partial charge is 0.456 e. The predicted octanol–water partition coefficient (Wildman–Crippen LogP) is 11.0. The first-order valence-corrected chi connectivity index (χ1v) is 23.2. The van der Waals surface area contributed by atoms with Crippen LogP contribution in [0.25, 0.3) is 33.8 Å². The number of aromatic nitrogens is 6. The van der Waals surface area contributed by atoms with Gasteiger partial charge in [-0.2, -0.15) is 0 Å². The molecule has 2 aromatic carbocycles. The number of fused-ring (bicyclic) bond motifs is 2. The predicted molar refractivity (Wildman–Crippen MR) is 276 cm³/mol. The number of para-hydroxylation sites is 2. The molecule has 70 heavy (non-hydrogen) atoms. The summed E-state index contributed by atoms with van der Waals surface area (Å²) in [6.07, 6.45) is 10.4. The molecule has 0 aliphatic carbocycles. The first kappa shape index (κ1) is 49.9. The Morgan fingerprint density at radius 3 is 1.27 bits per heavy atom. The maximum Gasteiger partial charge on any atom is 0.340 e. The lowest BCUT2D eigenvalue weighted by molar-refractivity contribution is 0.00580. The molecule has 14 nitrogen and oxygen atoms in total. The lowest BCUT2D eigenvalue weighted by Gasteiger charge is -2.23. The van der Waals surface area contributed by atoms with Crippen molar-refractivity contribution in [1.29, 1.82) is 0 Å². The van der Waals surface area contributed by atoms with E-state index in [-0.39, 0.29) is 23.2 Å². The van der Waals surface area contributed by atoms with Crippen LogP contribution in [0, 0.1) is 27.7 Å².